The number of amides is 6. The van der Waals surface area contributed by atoms with Crippen LogP contribution in [0.3, 0.4) is 0 Å². The van der Waals surface area contributed by atoms with Crippen molar-refractivity contribution in [2.45, 2.75) is 64.8 Å². The molecule has 0 radical (unpaired) electrons. The number of benzene rings is 2. The van der Waals surface area contributed by atoms with Crippen molar-refractivity contribution in [3.05, 3.63) is 97.9 Å². The monoisotopic (exact) mass is 783 g/mol. The topological polar surface area (TPSA) is 182 Å². The van der Waals surface area contributed by atoms with Crippen LogP contribution in [0.25, 0.3) is 10.6 Å². The van der Waals surface area contributed by atoms with Crippen LogP contribution in [0.1, 0.15) is 92.0 Å². The fourth-order valence-electron chi connectivity index (χ4n) is 7.11. The van der Waals surface area contributed by atoms with E-state index in [0.29, 0.717) is 36.8 Å². The van der Waals surface area contributed by atoms with Gasteiger partial charge in [-0.2, -0.15) is 0 Å². The number of nitrogens with one attached hydrogen (secondary N) is 3. The quantitative estimate of drug-likeness (QED) is 0.139. The summed E-state index contributed by atoms with van der Waals surface area (Å²) < 4.78 is 7.71. The molecule has 4 aromatic rings. The molecule has 7 rings (SSSR count). The zero-order valence-electron chi connectivity index (χ0n) is 30.4. The molecule has 1 fully saturated rings. The van der Waals surface area contributed by atoms with E-state index in [9.17, 15) is 28.8 Å². The van der Waals surface area contributed by atoms with Gasteiger partial charge >= 0.3 is 0 Å². The molecule has 3 aliphatic heterocycles. The minimum Gasteiger partial charge on any atom is -0.483 e. The van der Waals surface area contributed by atoms with Crippen molar-refractivity contribution in [3.63, 3.8) is 0 Å². The van der Waals surface area contributed by atoms with Gasteiger partial charge in [-0.15, -0.1) is 21.5 Å². The average molecular weight is 784 g/mol. The zero-order valence-corrected chi connectivity index (χ0v) is 31.9. The number of carbonyl (C=O) groups excluding carboxylic acids is 6. The summed E-state index contributed by atoms with van der Waals surface area (Å²) in [6.45, 7) is 6.44. The first kappa shape index (κ1) is 37.6. The van der Waals surface area contributed by atoms with Gasteiger partial charge in [-0.3, -0.25) is 43.6 Å². The van der Waals surface area contributed by atoms with Crippen molar-refractivity contribution in [2.24, 2.45) is 0 Å². The van der Waals surface area contributed by atoms with Crippen molar-refractivity contribution in [1.82, 2.24) is 35.6 Å². The fourth-order valence-corrected chi connectivity index (χ4v) is 8.46. The van der Waals surface area contributed by atoms with Gasteiger partial charge in [0.05, 0.1) is 11.1 Å². The lowest BCUT2D eigenvalue weighted by molar-refractivity contribution is -0.136. The third-order valence-electron chi connectivity index (χ3n) is 9.99. The molecule has 2 atom stereocenters. The smallest absolute Gasteiger partial charge is 0.266 e. The maximum atomic E-state index is 13.3. The lowest BCUT2D eigenvalue weighted by Crippen LogP contribution is -2.54. The first-order valence-corrected chi connectivity index (χ1v) is 19.1. The number of aryl methyl sites for hydroxylation is 2. The second-order valence-electron chi connectivity index (χ2n) is 13.6. The number of aromatic nitrogens is 3. The van der Waals surface area contributed by atoms with Crippen molar-refractivity contribution in [2.75, 3.05) is 19.7 Å². The molecule has 0 saturated carbocycles. The minimum atomic E-state index is -1.11. The molecule has 284 valence electrons. The predicted molar refractivity (Wildman–Crippen MR) is 203 cm³/mol. The largest absolute Gasteiger partial charge is 0.483 e. The third-order valence-corrected chi connectivity index (χ3v) is 11.4. The van der Waals surface area contributed by atoms with Crippen molar-refractivity contribution < 1.29 is 33.5 Å². The Kier molecular flexibility index (Phi) is 10.7. The molecule has 1 unspecified atom stereocenters. The van der Waals surface area contributed by atoms with Gasteiger partial charge in [0.15, 0.2) is 6.61 Å². The van der Waals surface area contributed by atoms with E-state index in [-0.39, 0.29) is 48.0 Å². The van der Waals surface area contributed by atoms with Crippen LogP contribution in [-0.4, -0.2) is 80.8 Å². The van der Waals surface area contributed by atoms with Crippen LogP contribution >= 0.6 is 22.9 Å². The van der Waals surface area contributed by atoms with E-state index < -0.39 is 42.2 Å². The third kappa shape index (κ3) is 7.41. The second kappa shape index (κ2) is 15.6. The number of thiophene rings is 1. The molecule has 1 saturated heterocycles. The van der Waals surface area contributed by atoms with Gasteiger partial charge in [-0.05, 0) is 81.0 Å². The molecule has 55 heavy (non-hydrogen) atoms. The Hall–Kier alpha value is -5.67. The number of nitrogens with zero attached hydrogens (tertiary/aromatic N) is 4. The molecule has 3 N–H and O–H groups in total. The lowest BCUT2D eigenvalue weighted by Gasteiger charge is -2.27. The molecule has 0 spiro atoms. The van der Waals surface area contributed by atoms with Crippen LogP contribution in [0.5, 0.6) is 5.75 Å². The van der Waals surface area contributed by atoms with E-state index in [1.807, 2.05) is 31.2 Å². The summed E-state index contributed by atoms with van der Waals surface area (Å²) in [6.07, 6.45) is 3.49. The highest BCUT2D eigenvalue weighted by Crippen LogP contribution is 2.44. The summed E-state index contributed by atoms with van der Waals surface area (Å²) in [4.78, 5) is 78.2. The number of piperidine rings is 1. The number of hydrogen-bond donors (Lipinski definition) is 3. The van der Waals surface area contributed by atoms with Crippen LogP contribution in [0.4, 0.5) is 0 Å². The SMILES string of the molecule is Cc1sc2c(c1C)C(c1ccc(Cl)cc1)=C[C@@H](CC(=O)NCCCCNC(=O)COc1cccc3c1C(=O)N(C1CCC(=O)NC1=O)C3=O)c1nnc(C)n1-2. The molecule has 14 nitrogen and oxygen atoms in total. The van der Waals surface area contributed by atoms with Gasteiger partial charge in [0.25, 0.3) is 17.7 Å². The molecule has 3 aliphatic rings. The van der Waals surface area contributed by atoms with E-state index in [1.54, 1.807) is 11.3 Å². The summed E-state index contributed by atoms with van der Waals surface area (Å²) in [6, 6.07) is 11.0. The van der Waals surface area contributed by atoms with Gasteiger partial charge in [0, 0.05) is 47.3 Å². The van der Waals surface area contributed by atoms with E-state index >= 15 is 0 Å². The highest BCUT2D eigenvalue weighted by Gasteiger charge is 2.46. The normalized spacial score (nSPS) is 17.5. The molecule has 16 heteroatoms. The second-order valence-corrected chi connectivity index (χ2v) is 15.3. The maximum Gasteiger partial charge on any atom is 0.266 e. The van der Waals surface area contributed by atoms with E-state index in [0.717, 1.165) is 38.0 Å². The standard InChI is InChI=1S/C39H38ClN7O7S/c1-20-21(2)55-39-33(20)27(23-9-11-25(40)12-10-23)17-24(35-45-44-22(3)46(35)39)18-31(49)41-15-4-5-16-42-32(50)19-54-29-8-6-7-26-34(29)38(53)47(37(26)52)28-13-14-30(48)43-36(28)51/h6-12,17,24,28H,4-5,13-16,18-19H2,1-3H3,(H,41,49)(H,42,50)(H,43,48,51)/t24-,28?/m0/s1. The molecule has 6 amide bonds. The fraction of sp³-hybridized carbons (Fsp3) is 0.333. The zero-order chi connectivity index (χ0) is 39.0. The number of carbonyl (C=O) groups is 6. The van der Waals surface area contributed by atoms with E-state index in [4.69, 9.17) is 16.3 Å². The molecule has 2 aromatic carbocycles. The van der Waals surface area contributed by atoms with Crippen LogP contribution in [-0.2, 0) is 19.2 Å². The van der Waals surface area contributed by atoms with Crippen molar-refractivity contribution in [1.29, 1.82) is 0 Å². The molecular weight excluding hydrogens is 746 g/mol. The maximum absolute atomic E-state index is 13.3. The molecule has 2 aromatic heterocycles. The highest BCUT2D eigenvalue weighted by molar-refractivity contribution is 7.15. The first-order chi connectivity index (χ1) is 26.4. The van der Waals surface area contributed by atoms with Crippen LogP contribution < -0.4 is 20.7 Å². The molecule has 5 heterocycles. The number of allylic oxidation sites excluding steroid dienone is 1. The van der Waals surface area contributed by atoms with E-state index in [2.05, 4.69) is 50.6 Å². The molecular formula is C39H38ClN7O7S. The number of rotatable bonds is 12. The summed E-state index contributed by atoms with van der Waals surface area (Å²) in [5, 5.41) is 18.5. The molecule has 0 aliphatic carbocycles. The Bertz CT molecular complexity index is 2280. The number of ether oxygens (including phenoxy) is 1. The Morgan fingerprint density at radius 1 is 0.945 bits per heavy atom. The minimum absolute atomic E-state index is 0.00529. The summed E-state index contributed by atoms with van der Waals surface area (Å²) >= 11 is 7.90. The van der Waals surface area contributed by atoms with Crippen LogP contribution in [0.15, 0.2) is 48.5 Å². The van der Waals surface area contributed by atoms with Crippen molar-refractivity contribution in [3.8, 4) is 10.8 Å². The Balaban J connectivity index is 0.906. The number of unbranched alkanes of at least 4 members (excludes halogenated alkanes) is 1. The predicted octanol–water partition coefficient (Wildman–Crippen LogP) is 4.32. The number of fused-ring (bicyclic) bond motifs is 4. The van der Waals surface area contributed by atoms with Crippen LogP contribution in [0.2, 0.25) is 5.02 Å². The van der Waals surface area contributed by atoms with Gasteiger partial charge in [-0.25, -0.2) is 0 Å². The lowest BCUT2D eigenvalue weighted by atomic mass is 9.92. The van der Waals surface area contributed by atoms with Crippen LogP contribution in [0, 0.1) is 20.8 Å². The average Bonchev–Trinajstić information content (AvgIpc) is 3.73. The Morgan fingerprint density at radius 3 is 2.40 bits per heavy atom. The van der Waals surface area contributed by atoms with Crippen molar-refractivity contribution >= 4 is 64.0 Å². The Labute approximate surface area is 325 Å². The number of hydrogen-bond acceptors (Lipinski definition) is 10. The molecule has 0 bridgehead atoms. The summed E-state index contributed by atoms with van der Waals surface area (Å²) in [7, 11) is 0. The van der Waals surface area contributed by atoms with Gasteiger partial charge in [0.1, 0.15) is 28.4 Å². The Morgan fingerprint density at radius 2 is 1.67 bits per heavy atom. The highest BCUT2D eigenvalue weighted by atomic mass is 35.5. The van der Waals surface area contributed by atoms with Gasteiger partial charge in [-0.1, -0.05) is 35.9 Å². The first-order valence-electron chi connectivity index (χ1n) is 17.9. The van der Waals surface area contributed by atoms with Gasteiger partial charge < -0.3 is 15.4 Å². The summed E-state index contributed by atoms with van der Waals surface area (Å²) in [5.74, 6) is -1.98. The summed E-state index contributed by atoms with van der Waals surface area (Å²) in [5.41, 5.74) is 4.30. The number of imide groups is 2. The number of halogens is 1. The van der Waals surface area contributed by atoms with E-state index in [1.165, 1.54) is 23.1 Å². The van der Waals surface area contributed by atoms with Gasteiger partial charge in [0.2, 0.25) is 17.7 Å².